The molecule has 6 rings (SSSR count). The lowest BCUT2D eigenvalue weighted by Crippen LogP contribution is -2.53. The molecule has 1 saturated carbocycles. The molecule has 2 saturated heterocycles. The summed E-state index contributed by atoms with van der Waals surface area (Å²) in [6, 6.07) is 5.01. The first-order valence-electron chi connectivity index (χ1n) is 12.5. The minimum atomic E-state index is -0.978. The number of hydrogen-bond donors (Lipinski definition) is 3. The van der Waals surface area contributed by atoms with Gasteiger partial charge in [-0.3, -0.25) is 0 Å². The Morgan fingerprint density at radius 2 is 2.09 bits per heavy atom. The first kappa shape index (κ1) is 22.4. The fraction of sp³-hybridized carbons (Fsp3) is 0.600. The molecule has 2 aromatic rings. The van der Waals surface area contributed by atoms with Gasteiger partial charge in [-0.15, -0.1) is 0 Å². The molecule has 3 fully saturated rings. The number of nitrogens with zero attached hydrogens (tertiary/aromatic N) is 3. The monoisotopic (exact) mass is 485 g/mol. The summed E-state index contributed by atoms with van der Waals surface area (Å²) in [4.78, 5) is 15.6. The lowest BCUT2D eigenvalue weighted by Gasteiger charge is -2.36. The molecular formula is C25H32FN5O2S. The van der Waals surface area contributed by atoms with Crippen LogP contribution in [0.4, 0.5) is 4.39 Å². The Labute approximate surface area is 202 Å². The Bertz CT molecular complexity index is 1150. The maximum atomic E-state index is 14.0. The average molecular weight is 486 g/mol. The van der Waals surface area contributed by atoms with E-state index in [4.69, 9.17) is 9.98 Å². The number of fused-ring (bicyclic) bond motifs is 2. The smallest absolute Gasteiger partial charge is 0.223 e. The molecule has 0 amide bonds. The summed E-state index contributed by atoms with van der Waals surface area (Å²) in [6.07, 6.45) is 5.43. The summed E-state index contributed by atoms with van der Waals surface area (Å²) >= 11 is -0.978. The topological polar surface area (TPSA) is 99.1 Å². The first-order chi connectivity index (χ1) is 16.5. The molecule has 1 aliphatic carbocycles. The number of aromatic amines is 1. The van der Waals surface area contributed by atoms with Crippen LogP contribution in [0.1, 0.15) is 56.2 Å². The Balaban J connectivity index is 1.23. The SMILES string of the molecule is CCc1[nH]c2ccc(F)cc2c1C1CCN(C2=NC3CC[S+]([O-])C3C(NC3(CO)CC3)=N2)CC1. The Morgan fingerprint density at radius 1 is 1.29 bits per heavy atom. The number of likely N-dealkylation sites (tertiary alicyclic amines) is 1. The zero-order chi connectivity index (χ0) is 23.4. The minimum Gasteiger partial charge on any atom is -0.616 e. The normalized spacial score (nSPS) is 28.6. The zero-order valence-electron chi connectivity index (χ0n) is 19.5. The van der Waals surface area contributed by atoms with Crippen LogP contribution in [0.2, 0.25) is 0 Å². The molecule has 7 nitrogen and oxygen atoms in total. The number of aryl methyl sites for hydroxylation is 1. The average Bonchev–Trinajstić information content (AvgIpc) is 3.38. The van der Waals surface area contributed by atoms with E-state index in [1.807, 2.05) is 6.07 Å². The number of aliphatic hydroxyl groups excluding tert-OH is 1. The molecule has 3 atom stereocenters. The van der Waals surface area contributed by atoms with Gasteiger partial charge in [0.2, 0.25) is 5.96 Å². The van der Waals surface area contributed by atoms with Crippen molar-refractivity contribution in [3.05, 3.63) is 35.3 Å². The van der Waals surface area contributed by atoms with Crippen LogP contribution in [0.3, 0.4) is 0 Å². The van der Waals surface area contributed by atoms with Crippen LogP contribution in [0.5, 0.6) is 0 Å². The van der Waals surface area contributed by atoms with E-state index in [0.29, 0.717) is 11.7 Å². The van der Waals surface area contributed by atoms with Crippen molar-refractivity contribution >= 4 is 33.9 Å². The predicted octanol–water partition coefficient (Wildman–Crippen LogP) is 2.82. The summed E-state index contributed by atoms with van der Waals surface area (Å²) in [7, 11) is 0. The number of benzene rings is 1. The number of H-pyrrole nitrogens is 1. The van der Waals surface area contributed by atoms with Crippen LogP contribution in [0.15, 0.2) is 28.2 Å². The van der Waals surface area contributed by atoms with Gasteiger partial charge in [0.05, 0.1) is 12.1 Å². The van der Waals surface area contributed by atoms with Crippen molar-refractivity contribution in [3.8, 4) is 0 Å². The van der Waals surface area contributed by atoms with Crippen LogP contribution in [0.25, 0.3) is 10.9 Å². The van der Waals surface area contributed by atoms with Crippen LogP contribution in [-0.4, -0.2) is 73.6 Å². The van der Waals surface area contributed by atoms with E-state index < -0.39 is 11.2 Å². The fourth-order valence-corrected chi connectivity index (χ4v) is 7.46. The minimum absolute atomic E-state index is 0.00802. The molecule has 4 aliphatic rings. The second-order valence-corrected chi connectivity index (χ2v) is 11.9. The number of nitrogens with one attached hydrogen (secondary N) is 2. The van der Waals surface area contributed by atoms with Gasteiger partial charge >= 0.3 is 0 Å². The first-order valence-corrected chi connectivity index (χ1v) is 13.9. The van der Waals surface area contributed by atoms with E-state index in [1.54, 1.807) is 6.07 Å². The van der Waals surface area contributed by atoms with E-state index in [2.05, 4.69) is 22.1 Å². The summed E-state index contributed by atoms with van der Waals surface area (Å²) in [6.45, 7) is 3.87. The number of hydrogen-bond acceptors (Lipinski definition) is 6. The molecule has 4 heterocycles. The van der Waals surface area contributed by atoms with Crippen molar-refractivity contribution in [2.24, 2.45) is 9.98 Å². The van der Waals surface area contributed by atoms with Crippen molar-refractivity contribution in [2.75, 3.05) is 25.4 Å². The third-order valence-corrected chi connectivity index (χ3v) is 9.73. The van der Waals surface area contributed by atoms with Crippen molar-refractivity contribution in [3.63, 3.8) is 0 Å². The number of amidine groups is 1. The second kappa shape index (κ2) is 8.53. The molecule has 1 aromatic heterocycles. The highest BCUT2D eigenvalue weighted by atomic mass is 32.2. The lowest BCUT2D eigenvalue weighted by molar-refractivity contribution is 0.244. The standard InChI is InChI=1S/C25H32FN5O2S/c1-2-18-21(17-13-16(26)3-4-19(17)27-18)15-5-10-31(11-6-15)24-28-20-7-12-34(33)22(20)23(29-24)30-25(14-32)8-9-25/h3-4,13,15,20,22,27,32H,2,5-12,14H2,1H3,(H,28,29,30). The summed E-state index contributed by atoms with van der Waals surface area (Å²) in [5.41, 5.74) is 3.17. The third kappa shape index (κ3) is 3.82. The number of piperidine rings is 1. The summed E-state index contributed by atoms with van der Waals surface area (Å²) < 4.78 is 26.7. The quantitative estimate of drug-likeness (QED) is 0.580. The van der Waals surface area contributed by atoms with Crippen LogP contribution in [-0.2, 0) is 17.6 Å². The Hall–Kier alpha value is -2.10. The van der Waals surface area contributed by atoms with Crippen molar-refractivity contribution in [2.45, 2.75) is 68.2 Å². The van der Waals surface area contributed by atoms with E-state index >= 15 is 0 Å². The number of aliphatic imine (C=N–C) groups is 2. The maximum Gasteiger partial charge on any atom is 0.223 e. The third-order valence-electron chi connectivity index (χ3n) is 7.99. The fourth-order valence-electron chi connectivity index (χ4n) is 5.83. The number of aliphatic hydroxyl groups is 1. The van der Waals surface area contributed by atoms with E-state index in [-0.39, 0.29) is 29.3 Å². The van der Waals surface area contributed by atoms with Gasteiger partial charge in [-0.2, -0.15) is 4.99 Å². The van der Waals surface area contributed by atoms with Gasteiger partial charge in [0, 0.05) is 36.1 Å². The molecule has 0 radical (unpaired) electrons. The number of halogens is 1. The van der Waals surface area contributed by atoms with E-state index in [1.165, 1.54) is 17.3 Å². The number of aromatic nitrogens is 1. The van der Waals surface area contributed by atoms with Gasteiger partial charge < -0.3 is 24.9 Å². The van der Waals surface area contributed by atoms with E-state index in [9.17, 15) is 14.0 Å². The molecular weight excluding hydrogens is 453 g/mol. The van der Waals surface area contributed by atoms with E-state index in [0.717, 1.165) is 74.3 Å². The molecule has 0 spiro atoms. The van der Waals surface area contributed by atoms with Gasteiger partial charge in [0.15, 0.2) is 11.1 Å². The van der Waals surface area contributed by atoms with Gasteiger partial charge in [0.1, 0.15) is 17.6 Å². The predicted molar refractivity (Wildman–Crippen MR) is 133 cm³/mol. The van der Waals surface area contributed by atoms with Crippen molar-refractivity contribution in [1.29, 1.82) is 0 Å². The number of rotatable bonds is 4. The highest BCUT2D eigenvalue weighted by Gasteiger charge is 2.51. The van der Waals surface area contributed by atoms with Crippen molar-refractivity contribution < 1.29 is 14.0 Å². The molecule has 34 heavy (non-hydrogen) atoms. The van der Waals surface area contributed by atoms with Crippen molar-refractivity contribution in [1.82, 2.24) is 15.2 Å². The summed E-state index contributed by atoms with van der Waals surface area (Å²) in [5.74, 6) is 2.30. The Kier molecular flexibility index (Phi) is 5.61. The highest BCUT2D eigenvalue weighted by Crippen LogP contribution is 2.39. The van der Waals surface area contributed by atoms with Gasteiger partial charge in [-0.25, -0.2) is 9.38 Å². The lowest BCUT2D eigenvalue weighted by atomic mass is 9.87. The second-order valence-electron chi connectivity index (χ2n) is 10.2. The molecule has 0 bridgehead atoms. The summed E-state index contributed by atoms with van der Waals surface area (Å²) in [5, 5.41) is 14.1. The van der Waals surface area contributed by atoms with Crippen LogP contribution >= 0.6 is 0 Å². The van der Waals surface area contributed by atoms with Gasteiger partial charge in [0.25, 0.3) is 0 Å². The molecule has 182 valence electrons. The van der Waals surface area contributed by atoms with Gasteiger partial charge in [-0.05, 0) is 73.0 Å². The Morgan fingerprint density at radius 3 is 2.79 bits per heavy atom. The molecule has 3 aliphatic heterocycles. The molecule has 1 aromatic carbocycles. The zero-order valence-corrected chi connectivity index (χ0v) is 20.3. The van der Waals surface area contributed by atoms with Gasteiger partial charge in [-0.1, -0.05) is 6.92 Å². The largest absolute Gasteiger partial charge is 0.616 e. The van der Waals surface area contributed by atoms with Crippen LogP contribution in [0, 0.1) is 5.82 Å². The molecule has 3 N–H and O–H groups in total. The molecule has 3 unspecified atom stereocenters. The molecule has 9 heteroatoms. The maximum absolute atomic E-state index is 14.0. The number of guanidine groups is 1. The highest BCUT2D eigenvalue weighted by molar-refractivity contribution is 7.93. The van der Waals surface area contributed by atoms with Crippen LogP contribution < -0.4 is 5.32 Å².